The first kappa shape index (κ1) is 28.8. The van der Waals surface area contributed by atoms with Crippen LogP contribution in [-0.4, -0.2) is 58.3 Å². The number of nitrogens with zero attached hydrogens (tertiary/aromatic N) is 4. The number of morpholine rings is 1. The van der Waals surface area contributed by atoms with E-state index in [1.54, 1.807) is 24.4 Å². The first-order valence-corrected chi connectivity index (χ1v) is 15.0. The molecule has 2 atom stereocenters. The molecule has 0 spiro atoms. The molecule has 4 aromatic rings. The minimum atomic E-state index is -0.465. The predicted octanol–water partition coefficient (Wildman–Crippen LogP) is 5.47. The van der Waals surface area contributed by atoms with E-state index in [9.17, 15) is 9.18 Å². The fourth-order valence-electron chi connectivity index (χ4n) is 6.10. The third-order valence-electron chi connectivity index (χ3n) is 8.20. The van der Waals surface area contributed by atoms with Gasteiger partial charge >= 0.3 is 0 Å². The highest BCUT2D eigenvalue weighted by molar-refractivity contribution is 7.80. The zero-order valence-electron chi connectivity index (χ0n) is 24.3. The molecule has 2 N–H and O–H groups in total. The fraction of sp³-hybridized carbons (Fsp3) is 0.303. The number of aryl methyl sites for hydroxylation is 1. The average molecular weight is 599 g/mol. The van der Waals surface area contributed by atoms with E-state index in [1.807, 2.05) is 18.2 Å². The molecule has 1 amide bonds. The molecule has 2 aromatic carbocycles. The summed E-state index contributed by atoms with van der Waals surface area (Å²) in [4.78, 5) is 21.9. The maximum absolute atomic E-state index is 14.1. The summed E-state index contributed by atoms with van der Waals surface area (Å²) < 4.78 is 21.9. The maximum Gasteiger partial charge on any atom is 0.226 e. The summed E-state index contributed by atoms with van der Waals surface area (Å²) in [6, 6.07) is 22.5. The highest BCUT2D eigenvalue weighted by Crippen LogP contribution is 2.41. The average Bonchev–Trinajstić information content (AvgIpc) is 3.52. The number of pyridine rings is 1. The van der Waals surface area contributed by atoms with Crippen molar-refractivity contribution in [2.24, 2.45) is 0 Å². The van der Waals surface area contributed by atoms with Gasteiger partial charge in [-0.2, -0.15) is 0 Å². The lowest BCUT2D eigenvalue weighted by molar-refractivity contribution is -0.116. The van der Waals surface area contributed by atoms with E-state index in [1.165, 1.54) is 11.8 Å². The number of ether oxygens (including phenoxy) is 1. The van der Waals surface area contributed by atoms with Crippen LogP contribution < -0.4 is 15.5 Å². The summed E-state index contributed by atoms with van der Waals surface area (Å²) >= 11 is 5.82. The Morgan fingerprint density at radius 1 is 1.05 bits per heavy atom. The second kappa shape index (κ2) is 12.5. The van der Waals surface area contributed by atoms with E-state index in [4.69, 9.17) is 17.0 Å². The van der Waals surface area contributed by atoms with Crippen LogP contribution in [0.4, 0.5) is 15.8 Å². The molecule has 0 unspecified atom stereocenters. The maximum atomic E-state index is 14.1. The summed E-state index contributed by atoms with van der Waals surface area (Å²) in [7, 11) is 0. The van der Waals surface area contributed by atoms with Crippen LogP contribution in [0.25, 0.3) is 5.69 Å². The number of carbonyl (C=O) groups is 1. The number of aromatic nitrogens is 2. The number of rotatable bonds is 8. The van der Waals surface area contributed by atoms with Crippen molar-refractivity contribution in [1.82, 2.24) is 19.8 Å². The number of thiocarbonyl (C=S) groups is 1. The van der Waals surface area contributed by atoms with Crippen molar-refractivity contribution in [1.29, 1.82) is 0 Å². The van der Waals surface area contributed by atoms with Crippen LogP contribution in [0.1, 0.15) is 41.1 Å². The predicted molar refractivity (Wildman–Crippen MR) is 170 cm³/mol. The minimum Gasteiger partial charge on any atom is -0.378 e. The minimum absolute atomic E-state index is 0.142. The molecular formula is C33H35FN6O2S. The molecule has 2 aliphatic rings. The van der Waals surface area contributed by atoms with E-state index in [0.717, 1.165) is 54.6 Å². The topological polar surface area (TPSA) is 74.7 Å². The largest absolute Gasteiger partial charge is 0.378 e. The van der Waals surface area contributed by atoms with Gasteiger partial charge in [0.05, 0.1) is 36.7 Å². The van der Waals surface area contributed by atoms with Crippen molar-refractivity contribution in [2.75, 3.05) is 43.1 Å². The Kier molecular flexibility index (Phi) is 8.40. The second-order valence-electron chi connectivity index (χ2n) is 10.9. The molecule has 2 aromatic heterocycles. The molecule has 8 nitrogen and oxygen atoms in total. The number of hydrogen-bond donors (Lipinski definition) is 2. The van der Waals surface area contributed by atoms with E-state index in [-0.39, 0.29) is 30.1 Å². The Bertz CT molecular complexity index is 1600. The van der Waals surface area contributed by atoms with Crippen LogP contribution in [0.3, 0.4) is 0 Å². The van der Waals surface area contributed by atoms with Gasteiger partial charge in [-0.15, -0.1) is 0 Å². The van der Waals surface area contributed by atoms with Crippen LogP contribution in [0.5, 0.6) is 0 Å². The summed E-state index contributed by atoms with van der Waals surface area (Å²) in [5.41, 5.74) is 6.60. The Labute approximate surface area is 256 Å². The van der Waals surface area contributed by atoms with E-state index in [0.29, 0.717) is 11.7 Å². The molecule has 2 saturated heterocycles. The second-order valence-corrected chi connectivity index (χ2v) is 11.3. The Morgan fingerprint density at radius 2 is 1.77 bits per heavy atom. The lowest BCUT2D eigenvalue weighted by Gasteiger charge is -2.29. The number of anilines is 2. The standard InChI is InChI=1S/C33H35FN6O2S/c1-22-21-26(23(2)40(22)25-12-10-24(11-13-25)38-17-19-42-20-18-38)32-31(29-9-5-6-15-35-29)37-33(43)39(32)16-14-30(41)36-28-8-4-3-7-27(28)34/h3-13,15,21,31-32H,14,16-20H2,1-2H3,(H,36,41)(H,37,43)/t31-,32+/m1/s1. The zero-order chi connectivity index (χ0) is 29.9. The van der Waals surface area contributed by atoms with Crippen molar-refractivity contribution in [3.63, 3.8) is 0 Å². The molecule has 0 bridgehead atoms. The van der Waals surface area contributed by atoms with Gasteiger partial charge in [0.15, 0.2) is 5.11 Å². The van der Waals surface area contributed by atoms with Crippen molar-refractivity contribution in [2.45, 2.75) is 32.4 Å². The molecule has 2 fully saturated rings. The van der Waals surface area contributed by atoms with Crippen LogP contribution in [0, 0.1) is 19.7 Å². The van der Waals surface area contributed by atoms with Crippen LogP contribution in [-0.2, 0) is 9.53 Å². The third-order valence-corrected chi connectivity index (χ3v) is 8.55. The first-order valence-electron chi connectivity index (χ1n) is 14.5. The quantitative estimate of drug-likeness (QED) is 0.261. The van der Waals surface area contributed by atoms with Gasteiger partial charge in [-0.25, -0.2) is 4.39 Å². The third kappa shape index (κ3) is 5.98. The lowest BCUT2D eigenvalue weighted by Crippen LogP contribution is -2.36. The van der Waals surface area contributed by atoms with Gasteiger partial charge in [-0.3, -0.25) is 9.78 Å². The van der Waals surface area contributed by atoms with Crippen molar-refractivity contribution in [3.05, 3.63) is 107 Å². The van der Waals surface area contributed by atoms with Crippen LogP contribution >= 0.6 is 12.2 Å². The van der Waals surface area contributed by atoms with Gasteiger partial charge in [0.1, 0.15) is 5.82 Å². The van der Waals surface area contributed by atoms with Gasteiger partial charge < -0.3 is 29.7 Å². The molecule has 10 heteroatoms. The van der Waals surface area contributed by atoms with Crippen molar-refractivity contribution in [3.8, 4) is 5.69 Å². The number of nitrogens with one attached hydrogen (secondary N) is 2. The van der Waals surface area contributed by atoms with Crippen molar-refractivity contribution >= 4 is 34.6 Å². The van der Waals surface area contributed by atoms with Gasteiger partial charge in [0.25, 0.3) is 0 Å². The summed E-state index contributed by atoms with van der Waals surface area (Å²) in [5, 5.41) is 6.71. The molecule has 0 radical (unpaired) electrons. The lowest BCUT2D eigenvalue weighted by atomic mass is 9.96. The summed E-state index contributed by atoms with van der Waals surface area (Å²) in [6.07, 6.45) is 1.92. The first-order chi connectivity index (χ1) is 20.9. The smallest absolute Gasteiger partial charge is 0.226 e. The Balaban J connectivity index is 1.29. The van der Waals surface area contributed by atoms with Crippen LogP contribution in [0.2, 0.25) is 0 Å². The number of benzene rings is 2. The van der Waals surface area contributed by atoms with Gasteiger partial charge in [0.2, 0.25) is 5.91 Å². The van der Waals surface area contributed by atoms with Gasteiger partial charge in [-0.1, -0.05) is 18.2 Å². The normalized spacial score (nSPS) is 18.5. The number of halogens is 1. The number of hydrogen-bond acceptors (Lipinski definition) is 5. The van der Waals surface area contributed by atoms with E-state index < -0.39 is 5.82 Å². The van der Waals surface area contributed by atoms with Gasteiger partial charge in [0, 0.05) is 55.0 Å². The molecule has 6 rings (SSSR count). The Morgan fingerprint density at radius 3 is 2.49 bits per heavy atom. The number of para-hydroxylation sites is 1. The molecular weight excluding hydrogens is 563 g/mol. The highest BCUT2D eigenvalue weighted by Gasteiger charge is 2.41. The van der Waals surface area contributed by atoms with Crippen LogP contribution in [0.15, 0.2) is 79.0 Å². The SMILES string of the molecule is Cc1cc([C@H]2[C@@H](c3ccccn3)NC(=S)N2CCC(=O)Nc2ccccc2F)c(C)n1-c1ccc(N2CCOCC2)cc1. The van der Waals surface area contributed by atoms with Crippen molar-refractivity contribution < 1.29 is 13.9 Å². The molecule has 222 valence electrons. The highest BCUT2D eigenvalue weighted by atomic mass is 32.1. The van der Waals surface area contributed by atoms with Gasteiger partial charge in [-0.05, 0) is 86.2 Å². The molecule has 0 saturated carbocycles. The summed E-state index contributed by atoms with van der Waals surface area (Å²) in [5.74, 6) is -0.744. The fourth-order valence-corrected chi connectivity index (χ4v) is 6.43. The summed E-state index contributed by atoms with van der Waals surface area (Å²) in [6.45, 7) is 7.87. The zero-order valence-corrected chi connectivity index (χ0v) is 25.1. The number of carbonyl (C=O) groups excluding carboxylic acids is 1. The molecule has 43 heavy (non-hydrogen) atoms. The molecule has 4 heterocycles. The Hall–Kier alpha value is -4.28. The molecule has 2 aliphatic heterocycles. The van der Waals surface area contributed by atoms with E-state index >= 15 is 0 Å². The number of amides is 1. The monoisotopic (exact) mass is 598 g/mol. The molecule has 0 aliphatic carbocycles. The van der Waals surface area contributed by atoms with E-state index in [2.05, 4.69) is 74.2 Å².